The highest BCUT2D eigenvalue weighted by atomic mass is 35.5. The topological polar surface area (TPSA) is 72.2 Å². The number of hydrogen-bond donors (Lipinski definition) is 2. The van der Waals surface area contributed by atoms with E-state index in [1.807, 2.05) is 0 Å². The van der Waals surface area contributed by atoms with E-state index in [-0.39, 0.29) is 42.8 Å². The zero-order valence-corrected chi connectivity index (χ0v) is 12.0. The summed E-state index contributed by atoms with van der Waals surface area (Å²) < 4.78 is 12.7. The Morgan fingerprint density at radius 2 is 1.75 bits per heavy atom. The van der Waals surface area contributed by atoms with E-state index in [1.165, 1.54) is 24.3 Å². The van der Waals surface area contributed by atoms with Gasteiger partial charge in [0.25, 0.3) is 0 Å². The fraction of sp³-hybridized carbons (Fsp3) is 0.429. The fourth-order valence-electron chi connectivity index (χ4n) is 1.59. The lowest BCUT2D eigenvalue weighted by atomic mass is 10.1. The van der Waals surface area contributed by atoms with Gasteiger partial charge >= 0.3 is 0 Å². The molecule has 0 spiro atoms. The lowest BCUT2D eigenvalue weighted by Crippen LogP contribution is -2.25. The van der Waals surface area contributed by atoms with Crippen molar-refractivity contribution < 1.29 is 14.0 Å². The van der Waals surface area contributed by atoms with Crippen molar-refractivity contribution in [2.75, 3.05) is 13.1 Å². The maximum atomic E-state index is 12.7. The molecule has 112 valence electrons. The second-order valence-corrected chi connectivity index (χ2v) is 4.28. The van der Waals surface area contributed by atoms with Gasteiger partial charge in [-0.25, -0.2) is 4.39 Å². The molecule has 4 nitrogen and oxygen atoms in total. The van der Waals surface area contributed by atoms with E-state index in [9.17, 15) is 14.0 Å². The van der Waals surface area contributed by atoms with Crippen LogP contribution in [-0.4, -0.2) is 24.8 Å². The number of carbonyl (C=O) groups is 2. The predicted molar refractivity (Wildman–Crippen MR) is 78.5 cm³/mol. The fourth-order valence-corrected chi connectivity index (χ4v) is 1.59. The summed E-state index contributed by atoms with van der Waals surface area (Å²) in [5.41, 5.74) is 5.76. The number of hydrogen-bond acceptors (Lipinski definition) is 3. The first-order valence-corrected chi connectivity index (χ1v) is 6.39. The minimum atomic E-state index is -0.380. The Morgan fingerprint density at radius 1 is 1.10 bits per heavy atom. The number of Topliss-reactive ketones (excluding diaryl/α,β-unsaturated/α-hetero) is 1. The summed E-state index contributed by atoms with van der Waals surface area (Å²) in [6.45, 7) is 1.19. The van der Waals surface area contributed by atoms with E-state index in [0.717, 1.165) is 12.8 Å². The number of ketones is 1. The molecule has 1 amide bonds. The largest absolute Gasteiger partial charge is 0.356 e. The molecule has 0 atom stereocenters. The second-order valence-electron chi connectivity index (χ2n) is 4.28. The van der Waals surface area contributed by atoms with Gasteiger partial charge in [-0.15, -0.1) is 12.4 Å². The molecule has 0 saturated heterocycles. The van der Waals surface area contributed by atoms with Crippen molar-refractivity contribution in [3.8, 4) is 0 Å². The first-order valence-electron chi connectivity index (χ1n) is 6.39. The number of benzene rings is 1. The summed E-state index contributed by atoms with van der Waals surface area (Å²) >= 11 is 0. The van der Waals surface area contributed by atoms with E-state index in [2.05, 4.69) is 5.32 Å². The van der Waals surface area contributed by atoms with Crippen molar-refractivity contribution in [1.82, 2.24) is 5.32 Å². The van der Waals surface area contributed by atoms with Crippen LogP contribution in [-0.2, 0) is 4.79 Å². The molecule has 0 aliphatic heterocycles. The molecule has 3 N–H and O–H groups in total. The number of amides is 1. The van der Waals surface area contributed by atoms with Gasteiger partial charge in [0.2, 0.25) is 5.91 Å². The molecule has 0 saturated carbocycles. The zero-order valence-electron chi connectivity index (χ0n) is 11.2. The normalized spacial score (nSPS) is 9.70. The van der Waals surface area contributed by atoms with Crippen molar-refractivity contribution >= 4 is 24.1 Å². The number of nitrogens with one attached hydrogen (secondary N) is 1. The molecule has 0 unspecified atom stereocenters. The Kier molecular flexibility index (Phi) is 9.59. The van der Waals surface area contributed by atoms with Crippen LogP contribution in [0, 0.1) is 5.82 Å². The first-order chi connectivity index (χ1) is 9.13. The minimum Gasteiger partial charge on any atom is -0.356 e. The third-order valence-corrected chi connectivity index (χ3v) is 2.70. The second kappa shape index (κ2) is 10.3. The first kappa shape index (κ1) is 18.5. The Labute approximate surface area is 124 Å². The summed E-state index contributed by atoms with van der Waals surface area (Å²) in [5, 5.41) is 2.73. The van der Waals surface area contributed by atoms with E-state index in [4.69, 9.17) is 5.73 Å². The van der Waals surface area contributed by atoms with Gasteiger partial charge in [-0.3, -0.25) is 9.59 Å². The Morgan fingerprint density at radius 3 is 2.35 bits per heavy atom. The van der Waals surface area contributed by atoms with E-state index in [1.54, 1.807) is 0 Å². The SMILES string of the molecule is Cl.NCCCCNC(=O)CCC(=O)c1ccc(F)cc1. The van der Waals surface area contributed by atoms with Crippen LogP contribution in [0.25, 0.3) is 0 Å². The maximum absolute atomic E-state index is 12.7. The molecule has 1 aromatic rings. The molecule has 1 aromatic carbocycles. The number of carbonyl (C=O) groups excluding carboxylic acids is 2. The monoisotopic (exact) mass is 302 g/mol. The van der Waals surface area contributed by atoms with E-state index < -0.39 is 0 Å². The smallest absolute Gasteiger partial charge is 0.220 e. The van der Waals surface area contributed by atoms with Gasteiger partial charge in [0.1, 0.15) is 5.82 Å². The summed E-state index contributed by atoms with van der Waals surface area (Å²) in [6.07, 6.45) is 2.00. The molecule has 0 aliphatic rings. The number of halogens is 2. The average molecular weight is 303 g/mol. The maximum Gasteiger partial charge on any atom is 0.220 e. The minimum absolute atomic E-state index is 0. The molecule has 0 aliphatic carbocycles. The molecule has 0 heterocycles. The van der Waals surface area contributed by atoms with Crippen LogP contribution in [0.4, 0.5) is 4.39 Å². The molecular formula is C14H20ClFN2O2. The van der Waals surface area contributed by atoms with Gasteiger partial charge in [-0.2, -0.15) is 0 Å². The molecule has 0 aromatic heterocycles. The average Bonchev–Trinajstić information content (AvgIpc) is 2.42. The van der Waals surface area contributed by atoms with Crippen LogP contribution < -0.4 is 11.1 Å². The third kappa shape index (κ3) is 7.21. The van der Waals surface area contributed by atoms with Crippen molar-refractivity contribution in [2.24, 2.45) is 5.73 Å². The van der Waals surface area contributed by atoms with Gasteiger partial charge in [0.15, 0.2) is 5.78 Å². The zero-order chi connectivity index (χ0) is 14.1. The van der Waals surface area contributed by atoms with Crippen LogP contribution in [0.1, 0.15) is 36.0 Å². The number of unbranched alkanes of at least 4 members (excludes halogenated alkanes) is 1. The number of nitrogens with two attached hydrogens (primary N) is 1. The molecule has 6 heteroatoms. The highest BCUT2D eigenvalue weighted by molar-refractivity contribution is 5.97. The lowest BCUT2D eigenvalue weighted by Gasteiger charge is -2.04. The Hall–Kier alpha value is -1.46. The van der Waals surface area contributed by atoms with E-state index in [0.29, 0.717) is 18.7 Å². The van der Waals surface area contributed by atoms with Crippen LogP contribution in [0.15, 0.2) is 24.3 Å². The summed E-state index contributed by atoms with van der Waals surface area (Å²) in [4.78, 5) is 23.2. The van der Waals surface area contributed by atoms with Crippen molar-refractivity contribution in [1.29, 1.82) is 0 Å². The van der Waals surface area contributed by atoms with Crippen LogP contribution in [0.5, 0.6) is 0 Å². The lowest BCUT2D eigenvalue weighted by molar-refractivity contribution is -0.121. The Balaban J connectivity index is 0.00000361. The summed E-state index contributed by atoms with van der Waals surface area (Å²) in [7, 11) is 0. The van der Waals surface area contributed by atoms with E-state index >= 15 is 0 Å². The van der Waals surface area contributed by atoms with Gasteiger partial charge in [-0.05, 0) is 43.7 Å². The van der Waals surface area contributed by atoms with Gasteiger partial charge in [0.05, 0.1) is 0 Å². The van der Waals surface area contributed by atoms with Gasteiger partial charge in [0, 0.05) is 24.9 Å². The number of rotatable bonds is 8. The van der Waals surface area contributed by atoms with Gasteiger partial charge in [-0.1, -0.05) is 0 Å². The molecule has 0 radical (unpaired) electrons. The van der Waals surface area contributed by atoms with Crippen molar-refractivity contribution in [3.63, 3.8) is 0 Å². The van der Waals surface area contributed by atoms with Gasteiger partial charge < -0.3 is 11.1 Å². The van der Waals surface area contributed by atoms with Crippen molar-refractivity contribution in [3.05, 3.63) is 35.6 Å². The quantitative estimate of drug-likeness (QED) is 0.570. The van der Waals surface area contributed by atoms with Crippen molar-refractivity contribution in [2.45, 2.75) is 25.7 Å². The predicted octanol–water partition coefficient (Wildman–Crippen LogP) is 2.07. The van der Waals surface area contributed by atoms with Crippen LogP contribution >= 0.6 is 12.4 Å². The van der Waals surface area contributed by atoms with Crippen LogP contribution in [0.2, 0.25) is 0 Å². The molecule has 0 bridgehead atoms. The molecule has 0 fully saturated rings. The Bertz CT molecular complexity index is 424. The molecular weight excluding hydrogens is 283 g/mol. The third-order valence-electron chi connectivity index (χ3n) is 2.70. The van der Waals surface area contributed by atoms with Crippen LogP contribution in [0.3, 0.4) is 0 Å². The highest BCUT2D eigenvalue weighted by Crippen LogP contribution is 2.07. The highest BCUT2D eigenvalue weighted by Gasteiger charge is 2.09. The molecule has 20 heavy (non-hydrogen) atoms. The standard InChI is InChI=1S/C14H19FN2O2.ClH/c15-12-5-3-11(4-6-12)13(18)7-8-14(19)17-10-2-1-9-16;/h3-6H,1-2,7-10,16H2,(H,17,19);1H. The summed E-state index contributed by atoms with van der Waals surface area (Å²) in [5.74, 6) is -0.682. The summed E-state index contributed by atoms with van der Waals surface area (Å²) in [6, 6.07) is 5.33. The molecule has 1 rings (SSSR count).